The molecule has 0 saturated carbocycles. The van der Waals surface area contributed by atoms with Crippen molar-refractivity contribution in [1.29, 1.82) is 0 Å². The predicted molar refractivity (Wildman–Crippen MR) is 77.1 cm³/mol. The molecular weight excluding hydrogens is 252 g/mol. The maximum absolute atomic E-state index is 4.20. The summed E-state index contributed by atoms with van der Waals surface area (Å²) in [7, 11) is 0. The standard InChI is InChI=1S/C14H26N6/c1-2-8-20-14(16-17-18-20)11-19-9-4-5-12(10-19)13-6-3-7-15-13/h12-13,15H,2-11H2,1H3. The lowest BCUT2D eigenvalue weighted by Gasteiger charge is -2.35. The van der Waals surface area contributed by atoms with Gasteiger partial charge in [0.05, 0.1) is 6.54 Å². The van der Waals surface area contributed by atoms with Gasteiger partial charge >= 0.3 is 0 Å². The van der Waals surface area contributed by atoms with Crippen molar-refractivity contribution in [2.24, 2.45) is 5.92 Å². The van der Waals surface area contributed by atoms with Crippen LogP contribution in [0.2, 0.25) is 0 Å². The second-order valence-corrected chi connectivity index (χ2v) is 6.16. The zero-order chi connectivity index (χ0) is 13.8. The summed E-state index contributed by atoms with van der Waals surface area (Å²) in [4.78, 5) is 2.53. The molecule has 2 atom stereocenters. The van der Waals surface area contributed by atoms with Gasteiger partial charge < -0.3 is 5.32 Å². The van der Waals surface area contributed by atoms with Crippen LogP contribution in [-0.4, -0.2) is 50.8 Å². The molecule has 112 valence electrons. The molecule has 2 aliphatic heterocycles. The number of rotatable bonds is 5. The van der Waals surface area contributed by atoms with Gasteiger partial charge in [-0.15, -0.1) is 5.10 Å². The van der Waals surface area contributed by atoms with E-state index in [1.807, 2.05) is 4.68 Å². The van der Waals surface area contributed by atoms with Crippen LogP contribution in [0.15, 0.2) is 0 Å². The number of likely N-dealkylation sites (tertiary alicyclic amines) is 1. The molecule has 0 spiro atoms. The second kappa shape index (κ2) is 6.63. The van der Waals surface area contributed by atoms with E-state index >= 15 is 0 Å². The Balaban J connectivity index is 1.57. The summed E-state index contributed by atoms with van der Waals surface area (Å²) in [6.45, 7) is 7.56. The Morgan fingerprint density at radius 1 is 1.30 bits per heavy atom. The summed E-state index contributed by atoms with van der Waals surface area (Å²) in [6, 6.07) is 0.740. The molecular formula is C14H26N6. The van der Waals surface area contributed by atoms with Crippen LogP contribution in [0.5, 0.6) is 0 Å². The Morgan fingerprint density at radius 2 is 2.25 bits per heavy atom. The Labute approximate surface area is 120 Å². The second-order valence-electron chi connectivity index (χ2n) is 6.16. The van der Waals surface area contributed by atoms with Gasteiger partial charge in [0.15, 0.2) is 5.82 Å². The highest BCUT2D eigenvalue weighted by Crippen LogP contribution is 2.25. The zero-order valence-electron chi connectivity index (χ0n) is 12.5. The van der Waals surface area contributed by atoms with Crippen LogP contribution < -0.4 is 5.32 Å². The molecule has 1 N–H and O–H groups in total. The molecule has 3 rings (SSSR count). The molecule has 2 aliphatic rings. The van der Waals surface area contributed by atoms with Crippen LogP contribution in [0.4, 0.5) is 0 Å². The van der Waals surface area contributed by atoms with Crippen molar-refractivity contribution < 1.29 is 0 Å². The maximum Gasteiger partial charge on any atom is 0.165 e. The van der Waals surface area contributed by atoms with Crippen molar-refractivity contribution in [3.63, 3.8) is 0 Å². The number of tetrazole rings is 1. The minimum Gasteiger partial charge on any atom is -0.314 e. The predicted octanol–water partition coefficient (Wildman–Crippen LogP) is 1.05. The summed E-state index contributed by atoms with van der Waals surface area (Å²) < 4.78 is 1.96. The molecule has 0 radical (unpaired) electrons. The van der Waals surface area contributed by atoms with E-state index in [4.69, 9.17) is 0 Å². The molecule has 1 aromatic heterocycles. The highest BCUT2D eigenvalue weighted by atomic mass is 15.5. The SMILES string of the molecule is CCCn1nnnc1CN1CCCC(C2CCCN2)C1. The van der Waals surface area contributed by atoms with E-state index in [2.05, 4.69) is 32.7 Å². The van der Waals surface area contributed by atoms with E-state index in [0.29, 0.717) is 0 Å². The van der Waals surface area contributed by atoms with E-state index in [0.717, 1.165) is 37.3 Å². The van der Waals surface area contributed by atoms with E-state index in [1.54, 1.807) is 0 Å². The van der Waals surface area contributed by atoms with E-state index < -0.39 is 0 Å². The van der Waals surface area contributed by atoms with Crippen molar-refractivity contribution in [3.8, 4) is 0 Å². The molecule has 0 amide bonds. The summed E-state index contributed by atoms with van der Waals surface area (Å²) in [6.07, 6.45) is 6.45. The average molecular weight is 278 g/mol. The normalized spacial score (nSPS) is 28.1. The Hall–Kier alpha value is -1.01. The van der Waals surface area contributed by atoms with Crippen molar-refractivity contribution in [2.45, 2.75) is 58.2 Å². The van der Waals surface area contributed by atoms with Gasteiger partial charge in [-0.1, -0.05) is 6.92 Å². The van der Waals surface area contributed by atoms with E-state index in [9.17, 15) is 0 Å². The Kier molecular flexibility index (Phi) is 4.62. The molecule has 20 heavy (non-hydrogen) atoms. The monoisotopic (exact) mass is 278 g/mol. The third-order valence-electron chi connectivity index (χ3n) is 4.62. The van der Waals surface area contributed by atoms with Crippen molar-refractivity contribution >= 4 is 0 Å². The van der Waals surface area contributed by atoms with Gasteiger partial charge in [-0.05, 0) is 61.5 Å². The van der Waals surface area contributed by atoms with Gasteiger partial charge in [0, 0.05) is 19.1 Å². The molecule has 0 aromatic carbocycles. The fourth-order valence-corrected chi connectivity index (χ4v) is 3.60. The quantitative estimate of drug-likeness (QED) is 0.872. The van der Waals surface area contributed by atoms with Crippen molar-refractivity contribution in [1.82, 2.24) is 30.4 Å². The fraction of sp³-hybridized carbons (Fsp3) is 0.929. The molecule has 6 heteroatoms. The number of nitrogens with zero attached hydrogens (tertiary/aromatic N) is 5. The van der Waals surface area contributed by atoms with Gasteiger partial charge in [-0.3, -0.25) is 4.90 Å². The topological polar surface area (TPSA) is 58.9 Å². The van der Waals surface area contributed by atoms with Crippen LogP contribution in [0, 0.1) is 5.92 Å². The first kappa shape index (κ1) is 13.9. The lowest BCUT2D eigenvalue weighted by molar-refractivity contribution is 0.140. The number of hydrogen-bond acceptors (Lipinski definition) is 5. The lowest BCUT2D eigenvalue weighted by Crippen LogP contribution is -2.43. The molecule has 1 aromatic rings. The number of aromatic nitrogens is 4. The first-order chi connectivity index (χ1) is 9.86. The van der Waals surface area contributed by atoms with Gasteiger partial charge in [0.25, 0.3) is 0 Å². The largest absolute Gasteiger partial charge is 0.314 e. The van der Waals surface area contributed by atoms with Gasteiger partial charge in [-0.2, -0.15) is 0 Å². The van der Waals surface area contributed by atoms with E-state index in [1.165, 1.54) is 45.3 Å². The first-order valence-electron chi connectivity index (χ1n) is 8.07. The minimum absolute atomic E-state index is 0.740. The van der Waals surface area contributed by atoms with Gasteiger partial charge in [0.1, 0.15) is 0 Å². The summed E-state index contributed by atoms with van der Waals surface area (Å²) in [5.74, 6) is 1.83. The summed E-state index contributed by atoms with van der Waals surface area (Å²) in [5.41, 5.74) is 0. The molecule has 6 nitrogen and oxygen atoms in total. The smallest absolute Gasteiger partial charge is 0.165 e. The molecule has 0 aliphatic carbocycles. The van der Waals surface area contributed by atoms with Crippen LogP contribution in [-0.2, 0) is 13.1 Å². The first-order valence-corrected chi connectivity index (χ1v) is 8.07. The number of aryl methyl sites for hydroxylation is 1. The zero-order valence-corrected chi connectivity index (χ0v) is 12.5. The molecule has 0 bridgehead atoms. The van der Waals surface area contributed by atoms with E-state index in [-0.39, 0.29) is 0 Å². The van der Waals surface area contributed by atoms with Crippen LogP contribution in [0.3, 0.4) is 0 Å². The number of nitrogens with one attached hydrogen (secondary N) is 1. The van der Waals surface area contributed by atoms with Crippen LogP contribution in [0.25, 0.3) is 0 Å². The van der Waals surface area contributed by atoms with Crippen LogP contribution in [0.1, 0.15) is 44.9 Å². The maximum atomic E-state index is 4.20. The Morgan fingerprint density at radius 3 is 3.05 bits per heavy atom. The third kappa shape index (κ3) is 3.17. The third-order valence-corrected chi connectivity index (χ3v) is 4.62. The number of piperidine rings is 1. The van der Waals surface area contributed by atoms with Gasteiger partial charge in [0.2, 0.25) is 0 Å². The fourth-order valence-electron chi connectivity index (χ4n) is 3.60. The highest BCUT2D eigenvalue weighted by molar-refractivity contribution is 4.89. The van der Waals surface area contributed by atoms with Gasteiger partial charge in [-0.25, -0.2) is 4.68 Å². The number of hydrogen-bond donors (Lipinski definition) is 1. The lowest BCUT2D eigenvalue weighted by atomic mass is 9.90. The van der Waals surface area contributed by atoms with Crippen molar-refractivity contribution in [2.75, 3.05) is 19.6 Å². The minimum atomic E-state index is 0.740. The summed E-state index contributed by atoms with van der Waals surface area (Å²) >= 11 is 0. The van der Waals surface area contributed by atoms with Crippen molar-refractivity contribution in [3.05, 3.63) is 5.82 Å². The highest BCUT2D eigenvalue weighted by Gasteiger charge is 2.29. The Bertz CT molecular complexity index is 412. The average Bonchev–Trinajstić information content (AvgIpc) is 3.12. The molecule has 2 fully saturated rings. The summed E-state index contributed by atoms with van der Waals surface area (Å²) in [5, 5.41) is 15.8. The molecule has 2 unspecified atom stereocenters. The molecule has 2 saturated heterocycles. The molecule has 3 heterocycles. The van der Waals surface area contributed by atoms with Crippen LogP contribution >= 0.6 is 0 Å².